The van der Waals surface area contributed by atoms with Gasteiger partial charge in [-0.05, 0) is 13.8 Å². The van der Waals surface area contributed by atoms with Crippen LogP contribution in [0.1, 0.15) is 25.1 Å². The number of carbonyl (C=O) groups is 1. The number of rotatable bonds is 9. The highest BCUT2D eigenvalue weighted by Gasteiger charge is 2.44. The Hall–Kier alpha value is -1.28. The lowest BCUT2D eigenvalue weighted by Gasteiger charge is -2.20. The second kappa shape index (κ2) is 9.30. The highest BCUT2D eigenvalue weighted by molar-refractivity contribution is 7.66. The molecule has 1 aromatic rings. The molecule has 5 atom stereocenters. The van der Waals surface area contributed by atoms with Crippen LogP contribution in [0.2, 0.25) is 0 Å². The van der Waals surface area contributed by atoms with E-state index in [0.29, 0.717) is 0 Å². The van der Waals surface area contributed by atoms with Crippen LogP contribution >= 0.6 is 23.5 Å². The van der Waals surface area contributed by atoms with Crippen LogP contribution in [-0.4, -0.2) is 47.6 Å². The SMILES string of the molecule is CC(=O)[C@H]1C[C@H](n2cc(C)c(=O)[nH]c2=O)O[C@@H]1COP(=O)(O)OP(=O)(O)OP(=O)(O)O. The Morgan fingerprint density at radius 2 is 1.81 bits per heavy atom. The van der Waals surface area contributed by atoms with E-state index in [1.54, 1.807) is 0 Å². The maximum absolute atomic E-state index is 12.0. The van der Waals surface area contributed by atoms with Gasteiger partial charge in [-0.15, -0.1) is 0 Å². The monoisotopic (exact) mass is 508 g/mol. The zero-order valence-corrected chi connectivity index (χ0v) is 18.6. The van der Waals surface area contributed by atoms with Crippen LogP contribution in [0.5, 0.6) is 0 Å². The third-order valence-corrected chi connectivity index (χ3v) is 7.83. The summed E-state index contributed by atoms with van der Waals surface area (Å²) < 4.78 is 52.0. The first-order valence-electron chi connectivity index (χ1n) is 8.26. The minimum absolute atomic E-state index is 0.0643. The number of H-pyrrole nitrogens is 1. The molecule has 0 aromatic carbocycles. The predicted octanol–water partition coefficient (Wildman–Crippen LogP) is -0.319. The quantitative estimate of drug-likeness (QED) is 0.269. The molecule has 31 heavy (non-hydrogen) atoms. The number of aromatic amines is 1. The molecule has 1 saturated heterocycles. The normalized spacial score (nSPS) is 25.7. The first-order chi connectivity index (χ1) is 14.0. The van der Waals surface area contributed by atoms with Gasteiger partial charge in [0.05, 0.1) is 18.6 Å². The maximum Gasteiger partial charge on any atom is 0.490 e. The topological polar surface area (TPSA) is 241 Å². The van der Waals surface area contributed by atoms with Crippen molar-refractivity contribution in [2.24, 2.45) is 5.92 Å². The molecule has 0 aliphatic carbocycles. The summed E-state index contributed by atoms with van der Waals surface area (Å²) in [5, 5.41) is 0. The van der Waals surface area contributed by atoms with Gasteiger partial charge < -0.3 is 24.3 Å². The Labute approximate surface area is 173 Å². The molecule has 5 N–H and O–H groups in total. The van der Waals surface area contributed by atoms with E-state index in [0.717, 1.165) is 4.57 Å². The van der Waals surface area contributed by atoms with Gasteiger partial charge in [-0.2, -0.15) is 8.62 Å². The molecule has 2 heterocycles. The van der Waals surface area contributed by atoms with E-state index in [1.807, 2.05) is 0 Å². The van der Waals surface area contributed by atoms with Crippen LogP contribution in [0.4, 0.5) is 0 Å². The first kappa shape index (κ1) is 26.0. The smallest absolute Gasteiger partial charge is 0.351 e. The van der Waals surface area contributed by atoms with Crippen molar-refractivity contribution in [3.63, 3.8) is 0 Å². The van der Waals surface area contributed by atoms with Gasteiger partial charge in [0.1, 0.15) is 12.0 Å². The van der Waals surface area contributed by atoms with E-state index >= 15 is 0 Å². The summed E-state index contributed by atoms with van der Waals surface area (Å²) in [4.78, 5) is 73.2. The van der Waals surface area contributed by atoms with Crippen LogP contribution in [0.15, 0.2) is 15.8 Å². The van der Waals surface area contributed by atoms with Crippen molar-refractivity contribution in [1.29, 1.82) is 0 Å². The van der Waals surface area contributed by atoms with E-state index in [1.165, 1.54) is 20.0 Å². The van der Waals surface area contributed by atoms with Gasteiger partial charge in [0.15, 0.2) is 0 Å². The van der Waals surface area contributed by atoms with E-state index in [-0.39, 0.29) is 12.0 Å². The Balaban J connectivity index is 2.14. The van der Waals surface area contributed by atoms with Gasteiger partial charge in [-0.1, -0.05) is 0 Å². The lowest BCUT2D eigenvalue weighted by atomic mass is 9.97. The summed E-state index contributed by atoms with van der Waals surface area (Å²) >= 11 is 0. The van der Waals surface area contributed by atoms with Gasteiger partial charge in [0.2, 0.25) is 0 Å². The number of aromatic nitrogens is 2. The number of nitrogens with one attached hydrogen (secondary N) is 1. The van der Waals surface area contributed by atoms with Crippen molar-refractivity contribution < 1.29 is 55.9 Å². The number of carbonyl (C=O) groups excluding carboxylic acids is 1. The van der Waals surface area contributed by atoms with E-state index < -0.39 is 65.4 Å². The molecule has 0 spiro atoms. The summed E-state index contributed by atoms with van der Waals surface area (Å²) in [7, 11) is -16.7. The van der Waals surface area contributed by atoms with Crippen molar-refractivity contribution in [3.05, 3.63) is 32.6 Å². The number of hydrogen-bond acceptors (Lipinski definition) is 10. The van der Waals surface area contributed by atoms with Gasteiger partial charge in [-0.25, -0.2) is 18.5 Å². The molecular formula is C12H19N2O14P3. The number of ketones is 1. The fourth-order valence-corrected chi connectivity index (χ4v) is 5.78. The molecular weight excluding hydrogens is 489 g/mol. The Morgan fingerprint density at radius 1 is 1.19 bits per heavy atom. The van der Waals surface area contributed by atoms with Gasteiger partial charge in [0.25, 0.3) is 5.56 Å². The standard InChI is InChI=1S/C12H19N2O14P3/c1-6-4-14(12(17)13-11(6)16)10-3-8(7(2)15)9(26-10)5-25-30(21,22)28-31(23,24)27-29(18,19)20/h4,8-10H,3,5H2,1-2H3,(H,21,22)(H,23,24)(H,13,16,17)(H2,18,19,20)/t8-,9-,10-/m1/s1. The molecule has 1 aliphatic rings. The van der Waals surface area contributed by atoms with Crippen molar-refractivity contribution in [2.75, 3.05) is 6.61 Å². The molecule has 2 unspecified atom stereocenters. The van der Waals surface area contributed by atoms with Gasteiger partial charge in [-0.3, -0.25) is 23.7 Å². The molecule has 0 bridgehead atoms. The number of ether oxygens (including phenoxy) is 1. The zero-order chi connectivity index (χ0) is 23.8. The molecule has 0 radical (unpaired) electrons. The summed E-state index contributed by atoms with van der Waals surface area (Å²) in [5.41, 5.74) is -1.26. The molecule has 1 aliphatic heterocycles. The minimum atomic E-state index is -5.70. The third kappa shape index (κ3) is 7.38. The number of aryl methyl sites for hydroxylation is 1. The maximum atomic E-state index is 12.0. The van der Waals surface area contributed by atoms with E-state index in [2.05, 4.69) is 18.1 Å². The van der Waals surface area contributed by atoms with Crippen LogP contribution in [0.3, 0.4) is 0 Å². The number of phosphoric ester groups is 1. The van der Waals surface area contributed by atoms with Crippen molar-refractivity contribution in [2.45, 2.75) is 32.6 Å². The van der Waals surface area contributed by atoms with Crippen LogP contribution in [0, 0.1) is 12.8 Å². The average Bonchev–Trinajstić information content (AvgIpc) is 2.97. The lowest BCUT2D eigenvalue weighted by molar-refractivity contribution is -0.123. The Kier molecular flexibility index (Phi) is 7.79. The summed E-state index contributed by atoms with van der Waals surface area (Å²) in [6.45, 7) is 1.77. The number of Topliss-reactive ketones (excluding diaryl/α,β-unsaturated/α-hetero) is 1. The third-order valence-electron chi connectivity index (χ3n) is 4.03. The number of hydrogen-bond donors (Lipinski definition) is 5. The average molecular weight is 508 g/mol. The molecule has 176 valence electrons. The largest absolute Gasteiger partial charge is 0.490 e. The van der Waals surface area contributed by atoms with Crippen LogP contribution in [0.25, 0.3) is 0 Å². The fraction of sp³-hybridized carbons (Fsp3) is 0.583. The molecule has 19 heteroatoms. The van der Waals surface area contributed by atoms with E-state index in [9.17, 15) is 33.0 Å². The van der Waals surface area contributed by atoms with Gasteiger partial charge in [0, 0.05) is 18.2 Å². The van der Waals surface area contributed by atoms with Gasteiger partial charge >= 0.3 is 29.2 Å². The molecule has 2 rings (SSSR count). The molecule has 16 nitrogen and oxygen atoms in total. The number of phosphoric acid groups is 3. The Bertz CT molecular complexity index is 1100. The lowest BCUT2D eigenvalue weighted by Crippen LogP contribution is -2.33. The van der Waals surface area contributed by atoms with E-state index in [4.69, 9.17) is 19.4 Å². The first-order valence-corrected chi connectivity index (χ1v) is 12.8. The summed E-state index contributed by atoms with van der Waals surface area (Å²) in [6.07, 6.45) is -1.13. The summed E-state index contributed by atoms with van der Waals surface area (Å²) in [5.74, 6) is -1.37. The fourth-order valence-electron chi connectivity index (χ4n) is 2.75. The van der Waals surface area contributed by atoms with Crippen molar-refractivity contribution in [3.8, 4) is 0 Å². The second-order valence-electron chi connectivity index (χ2n) is 6.45. The molecule has 1 fully saturated rings. The Morgan fingerprint density at radius 3 is 2.35 bits per heavy atom. The zero-order valence-electron chi connectivity index (χ0n) is 15.9. The highest BCUT2D eigenvalue weighted by atomic mass is 31.3. The van der Waals surface area contributed by atoms with Crippen LogP contribution in [-0.2, 0) is 36.4 Å². The minimum Gasteiger partial charge on any atom is -0.351 e. The van der Waals surface area contributed by atoms with Crippen molar-refractivity contribution >= 4 is 29.3 Å². The number of nitrogens with zero attached hydrogens (tertiary/aromatic N) is 1. The second-order valence-corrected chi connectivity index (χ2v) is 10.9. The van der Waals surface area contributed by atoms with Crippen LogP contribution < -0.4 is 11.2 Å². The summed E-state index contributed by atoms with van der Waals surface area (Å²) in [6, 6.07) is 0. The highest BCUT2D eigenvalue weighted by Crippen LogP contribution is 2.66. The molecule has 1 aromatic heterocycles. The molecule has 0 amide bonds. The van der Waals surface area contributed by atoms with Crippen molar-refractivity contribution in [1.82, 2.24) is 9.55 Å². The molecule has 0 saturated carbocycles. The predicted molar refractivity (Wildman–Crippen MR) is 98.6 cm³/mol.